The molecule has 6 nitrogen and oxygen atoms in total. The minimum atomic E-state index is -0.158. The maximum absolute atomic E-state index is 12.5. The standard InChI is InChI=1S/C23H32N2O4/c1-5-6-14-29-21-12-9-19(16-22(21)27-4)23(26)24-17-18-7-10-20(11-8-18)28-15-13-25(2)3/h7-12,16H,5-6,13-15,17H2,1-4H3,(H,24,26). The van der Waals surface area contributed by atoms with E-state index >= 15 is 0 Å². The van der Waals surface area contributed by atoms with Crippen LogP contribution < -0.4 is 19.5 Å². The van der Waals surface area contributed by atoms with Gasteiger partial charge in [-0.1, -0.05) is 25.5 Å². The van der Waals surface area contributed by atoms with Crippen LogP contribution in [0.3, 0.4) is 0 Å². The predicted molar refractivity (Wildman–Crippen MR) is 115 cm³/mol. The summed E-state index contributed by atoms with van der Waals surface area (Å²) in [6.07, 6.45) is 2.04. The molecule has 0 atom stereocenters. The Morgan fingerprint density at radius 1 is 1.00 bits per heavy atom. The lowest BCUT2D eigenvalue weighted by atomic mass is 10.1. The summed E-state index contributed by atoms with van der Waals surface area (Å²) < 4.78 is 16.8. The van der Waals surface area contributed by atoms with Crippen molar-refractivity contribution in [3.8, 4) is 17.2 Å². The topological polar surface area (TPSA) is 60.0 Å². The fourth-order valence-corrected chi connectivity index (χ4v) is 2.59. The van der Waals surface area contributed by atoms with Crippen LogP contribution in [0.5, 0.6) is 17.2 Å². The fraction of sp³-hybridized carbons (Fsp3) is 0.435. The summed E-state index contributed by atoms with van der Waals surface area (Å²) in [5.74, 6) is 1.88. The maximum atomic E-state index is 12.5. The van der Waals surface area contributed by atoms with Gasteiger partial charge in [-0.2, -0.15) is 0 Å². The SMILES string of the molecule is CCCCOc1ccc(C(=O)NCc2ccc(OCCN(C)C)cc2)cc1OC. The molecule has 1 amide bonds. The van der Waals surface area contributed by atoms with E-state index < -0.39 is 0 Å². The van der Waals surface area contributed by atoms with Crippen LogP contribution in [0.2, 0.25) is 0 Å². The Kier molecular flexibility index (Phi) is 9.31. The number of carbonyl (C=O) groups excluding carboxylic acids is 1. The first kappa shape index (κ1) is 22.6. The number of nitrogens with zero attached hydrogens (tertiary/aromatic N) is 1. The van der Waals surface area contributed by atoms with Crippen molar-refractivity contribution in [1.82, 2.24) is 10.2 Å². The summed E-state index contributed by atoms with van der Waals surface area (Å²) in [5, 5.41) is 2.93. The van der Waals surface area contributed by atoms with Gasteiger partial charge in [0.25, 0.3) is 5.91 Å². The molecule has 0 saturated carbocycles. The number of carbonyl (C=O) groups is 1. The lowest BCUT2D eigenvalue weighted by molar-refractivity contribution is 0.0950. The molecule has 0 aliphatic carbocycles. The minimum Gasteiger partial charge on any atom is -0.493 e. The number of hydrogen-bond acceptors (Lipinski definition) is 5. The highest BCUT2D eigenvalue weighted by Crippen LogP contribution is 2.28. The molecule has 2 aromatic carbocycles. The number of hydrogen-bond donors (Lipinski definition) is 1. The van der Waals surface area contributed by atoms with E-state index in [1.165, 1.54) is 0 Å². The van der Waals surface area contributed by atoms with Gasteiger partial charge >= 0.3 is 0 Å². The first-order valence-electron chi connectivity index (χ1n) is 9.99. The Morgan fingerprint density at radius 3 is 2.41 bits per heavy atom. The summed E-state index contributed by atoms with van der Waals surface area (Å²) in [6, 6.07) is 13.0. The number of likely N-dealkylation sites (N-methyl/N-ethyl adjacent to an activating group) is 1. The Labute approximate surface area is 173 Å². The Bertz CT molecular complexity index is 760. The number of nitrogens with one attached hydrogen (secondary N) is 1. The highest BCUT2D eigenvalue weighted by Gasteiger charge is 2.11. The Morgan fingerprint density at radius 2 is 1.76 bits per heavy atom. The van der Waals surface area contributed by atoms with Crippen LogP contribution in [0.1, 0.15) is 35.7 Å². The molecule has 2 aromatic rings. The molecular weight excluding hydrogens is 368 g/mol. The molecule has 0 fully saturated rings. The summed E-state index contributed by atoms with van der Waals surface area (Å²) >= 11 is 0. The molecule has 0 aromatic heterocycles. The zero-order chi connectivity index (χ0) is 21.1. The van der Waals surface area contributed by atoms with Crippen LogP contribution in [0.15, 0.2) is 42.5 Å². The van der Waals surface area contributed by atoms with Gasteiger partial charge in [-0.3, -0.25) is 4.79 Å². The molecule has 0 unspecified atom stereocenters. The van der Waals surface area contributed by atoms with E-state index in [1.54, 1.807) is 25.3 Å². The summed E-state index contributed by atoms with van der Waals surface area (Å²) in [4.78, 5) is 14.6. The third-order valence-corrected chi connectivity index (χ3v) is 4.36. The molecular formula is C23H32N2O4. The highest BCUT2D eigenvalue weighted by atomic mass is 16.5. The van der Waals surface area contributed by atoms with E-state index in [0.29, 0.717) is 36.8 Å². The average Bonchev–Trinajstić information content (AvgIpc) is 2.73. The molecule has 29 heavy (non-hydrogen) atoms. The number of benzene rings is 2. The van der Waals surface area contributed by atoms with Crippen LogP contribution in [0, 0.1) is 0 Å². The van der Waals surface area contributed by atoms with E-state index in [-0.39, 0.29) is 5.91 Å². The molecule has 0 spiro atoms. The molecule has 158 valence electrons. The lowest BCUT2D eigenvalue weighted by Gasteiger charge is -2.13. The Balaban J connectivity index is 1.88. The second-order valence-corrected chi connectivity index (χ2v) is 7.05. The van der Waals surface area contributed by atoms with Gasteiger partial charge in [0, 0.05) is 18.7 Å². The molecule has 0 heterocycles. The van der Waals surface area contributed by atoms with Crippen molar-refractivity contribution in [3.05, 3.63) is 53.6 Å². The number of ether oxygens (including phenoxy) is 3. The summed E-state index contributed by atoms with van der Waals surface area (Å²) in [5.41, 5.74) is 1.54. The molecule has 0 saturated heterocycles. The van der Waals surface area contributed by atoms with Crippen molar-refractivity contribution in [3.63, 3.8) is 0 Å². The zero-order valence-electron chi connectivity index (χ0n) is 17.9. The largest absolute Gasteiger partial charge is 0.493 e. The van der Waals surface area contributed by atoms with Gasteiger partial charge in [0.1, 0.15) is 12.4 Å². The van der Waals surface area contributed by atoms with Gasteiger partial charge in [0.2, 0.25) is 0 Å². The van der Waals surface area contributed by atoms with Gasteiger partial charge in [0.15, 0.2) is 11.5 Å². The molecule has 0 radical (unpaired) electrons. The van der Waals surface area contributed by atoms with Crippen molar-refractivity contribution >= 4 is 5.91 Å². The molecule has 2 rings (SSSR count). The molecule has 6 heteroatoms. The van der Waals surface area contributed by atoms with Gasteiger partial charge < -0.3 is 24.4 Å². The van der Waals surface area contributed by atoms with E-state index in [2.05, 4.69) is 17.1 Å². The van der Waals surface area contributed by atoms with Crippen LogP contribution >= 0.6 is 0 Å². The van der Waals surface area contributed by atoms with E-state index in [9.17, 15) is 4.79 Å². The fourth-order valence-electron chi connectivity index (χ4n) is 2.59. The van der Waals surface area contributed by atoms with Crippen LogP contribution in [-0.4, -0.2) is 51.8 Å². The Hall–Kier alpha value is -2.73. The van der Waals surface area contributed by atoms with Gasteiger partial charge in [0.05, 0.1) is 13.7 Å². The first-order valence-corrected chi connectivity index (χ1v) is 9.99. The third-order valence-electron chi connectivity index (χ3n) is 4.36. The van der Waals surface area contributed by atoms with Crippen molar-refractivity contribution < 1.29 is 19.0 Å². The van der Waals surface area contributed by atoms with Crippen molar-refractivity contribution in [2.45, 2.75) is 26.3 Å². The van der Waals surface area contributed by atoms with Crippen LogP contribution in [0.4, 0.5) is 0 Å². The predicted octanol–water partition coefficient (Wildman–Crippen LogP) is 3.74. The molecule has 1 N–H and O–H groups in total. The number of methoxy groups -OCH3 is 1. The zero-order valence-corrected chi connectivity index (χ0v) is 17.9. The van der Waals surface area contributed by atoms with Gasteiger partial charge in [-0.15, -0.1) is 0 Å². The number of amides is 1. The highest BCUT2D eigenvalue weighted by molar-refractivity contribution is 5.94. The lowest BCUT2D eigenvalue weighted by Crippen LogP contribution is -2.22. The number of rotatable bonds is 12. The second-order valence-electron chi connectivity index (χ2n) is 7.05. The summed E-state index contributed by atoms with van der Waals surface area (Å²) in [7, 11) is 5.60. The second kappa shape index (κ2) is 12.0. The van der Waals surface area contributed by atoms with E-state index in [0.717, 1.165) is 30.7 Å². The molecule has 0 bridgehead atoms. The monoisotopic (exact) mass is 400 g/mol. The van der Waals surface area contributed by atoms with Gasteiger partial charge in [-0.25, -0.2) is 0 Å². The van der Waals surface area contributed by atoms with Crippen molar-refractivity contribution in [2.24, 2.45) is 0 Å². The minimum absolute atomic E-state index is 0.158. The van der Waals surface area contributed by atoms with E-state index in [1.807, 2.05) is 38.4 Å². The smallest absolute Gasteiger partial charge is 0.251 e. The van der Waals surface area contributed by atoms with Crippen LogP contribution in [0.25, 0.3) is 0 Å². The average molecular weight is 401 g/mol. The van der Waals surface area contributed by atoms with Crippen LogP contribution in [-0.2, 0) is 6.54 Å². The third kappa shape index (κ3) is 7.66. The first-order chi connectivity index (χ1) is 14.0. The normalized spacial score (nSPS) is 10.7. The molecule has 0 aliphatic heterocycles. The quantitative estimate of drug-likeness (QED) is 0.550. The van der Waals surface area contributed by atoms with Gasteiger partial charge in [-0.05, 0) is 56.4 Å². The summed E-state index contributed by atoms with van der Waals surface area (Å²) in [6.45, 7) is 4.69. The molecule has 0 aliphatic rings. The van der Waals surface area contributed by atoms with E-state index in [4.69, 9.17) is 14.2 Å². The number of unbranched alkanes of at least 4 members (excludes halogenated alkanes) is 1. The van der Waals surface area contributed by atoms with Crippen molar-refractivity contribution in [1.29, 1.82) is 0 Å². The maximum Gasteiger partial charge on any atom is 0.251 e. The van der Waals surface area contributed by atoms with Crippen molar-refractivity contribution in [2.75, 3.05) is 41.0 Å².